The van der Waals surface area contributed by atoms with E-state index in [4.69, 9.17) is 0 Å². The Hall–Kier alpha value is -2.43. The maximum Gasteiger partial charge on any atom is 0.278 e. The SMILES string of the molecule is Cc1cncc(NC(=O)c2ncccc2O)c1. The number of aromatic hydroxyl groups is 1. The number of hydrogen-bond donors (Lipinski definition) is 2. The van der Waals surface area contributed by atoms with Crippen molar-refractivity contribution in [2.75, 3.05) is 5.32 Å². The molecule has 0 aliphatic rings. The molecule has 0 saturated heterocycles. The normalized spacial score (nSPS) is 9.94. The summed E-state index contributed by atoms with van der Waals surface area (Å²) in [5.41, 5.74) is 1.50. The van der Waals surface area contributed by atoms with Crippen LogP contribution >= 0.6 is 0 Å². The van der Waals surface area contributed by atoms with Crippen LogP contribution in [0.3, 0.4) is 0 Å². The van der Waals surface area contributed by atoms with Crippen LogP contribution in [0.1, 0.15) is 16.1 Å². The van der Waals surface area contributed by atoms with Gasteiger partial charge in [0.15, 0.2) is 5.69 Å². The molecule has 0 saturated carbocycles. The van der Waals surface area contributed by atoms with Gasteiger partial charge in [-0.2, -0.15) is 0 Å². The molecule has 0 aromatic carbocycles. The van der Waals surface area contributed by atoms with E-state index in [0.717, 1.165) is 5.56 Å². The summed E-state index contributed by atoms with van der Waals surface area (Å²) in [5, 5.41) is 12.1. The lowest BCUT2D eigenvalue weighted by Gasteiger charge is -2.05. The summed E-state index contributed by atoms with van der Waals surface area (Å²) in [5.74, 6) is -0.610. The lowest BCUT2D eigenvalue weighted by molar-refractivity contribution is 0.101. The molecule has 0 radical (unpaired) electrons. The molecule has 0 aliphatic heterocycles. The lowest BCUT2D eigenvalue weighted by atomic mass is 10.2. The van der Waals surface area contributed by atoms with E-state index in [1.54, 1.807) is 18.3 Å². The zero-order valence-corrected chi connectivity index (χ0v) is 9.21. The van der Waals surface area contributed by atoms with E-state index in [1.807, 2.05) is 6.92 Å². The molecule has 0 bridgehead atoms. The molecule has 0 spiro atoms. The Bertz CT molecular complexity index is 555. The first kappa shape index (κ1) is 11.1. The molecule has 5 nitrogen and oxygen atoms in total. The van der Waals surface area contributed by atoms with Gasteiger partial charge >= 0.3 is 0 Å². The maximum atomic E-state index is 11.8. The molecule has 0 fully saturated rings. The van der Waals surface area contributed by atoms with E-state index in [-0.39, 0.29) is 11.4 Å². The Morgan fingerprint density at radius 3 is 2.94 bits per heavy atom. The second-order valence-corrected chi connectivity index (χ2v) is 3.58. The van der Waals surface area contributed by atoms with Crippen LogP contribution in [0, 0.1) is 6.92 Å². The van der Waals surface area contributed by atoms with Crippen molar-refractivity contribution >= 4 is 11.6 Å². The van der Waals surface area contributed by atoms with Gasteiger partial charge in [0.25, 0.3) is 5.91 Å². The first-order valence-corrected chi connectivity index (χ1v) is 5.04. The van der Waals surface area contributed by atoms with Gasteiger partial charge in [-0.3, -0.25) is 9.78 Å². The number of hydrogen-bond acceptors (Lipinski definition) is 4. The summed E-state index contributed by atoms with van der Waals surface area (Å²) >= 11 is 0. The summed E-state index contributed by atoms with van der Waals surface area (Å²) in [6.45, 7) is 1.88. The Kier molecular flexibility index (Phi) is 3.00. The largest absolute Gasteiger partial charge is 0.505 e. The van der Waals surface area contributed by atoms with E-state index in [1.165, 1.54) is 18.5 Å². The summed E-state index contributed by atoms with van der Waals surface area (Å²) in [6, 6.07) is 4.75. The smallest absolute Gasteiger partial charge is 0.278 e. The molecule has 0 unspecified atom stereocenters. The van der Waals surface area contributed by atoms with Crippen LogP contribution in [0.15, 0.2) is 36.8 Å². The highest BCUT2D eigenvalue weighted by molar-refractivity contribution is 6.04. The summed E-state index contributed by atoms with van der Waals surface area (Å²) < 4.78 is 0. The molecule has 2 N–H and O–H groups in total. The minimum atomic E-state index is -0.463. The average molecular weight is 229 g/mol. The monoisotopic (exact) mass is 229 g/mol. The zero-order chi connectivity index (χ0) is 12.3. The summed E-state index contributed by atoms with van der Waals surface area (Å²) in [4.78, 5) is 19.6. The molecular formula is C12H11N3O2. The van der Waals surface area contributed by atoms with Gasteiger partial charge in [0.2, 0.25) is 0 Å². The van der Waals surface area contributed by atoms with Crippen LogP contribution in [0.5, 0.6) is 5.75 Å². The number of amides is 1. The van der Waals surface area contributed by atoms with Gasteiger partial charge in [0.05, 0.1) is 11.9 Å². The van der Waals surface area contributed by atoms with E-state index in [9.17, 15) is 9.90 Å². The fourth-order valence-corrected chi connectivity index (χ4v) is 1.39. The zero-order valence-electron chi connectivity index (χ0n) is 9.21. The number of aryl methyl sites for hydroxylation is 1. The third kappa shape index (κ3) is 2.57. The van der Waals surface area contributed by atoms with E-state index < -0.39 is 5.91 Å². The van der Waals surface area contributed by atoms with Crippen molar-refractivity contribution < 1.29 is 9.90 Å². The molecule has 5 heteroatoms. The number of carbonyl (C=O) groups is 1. The fraction of sp³-hybridized carbons (Fsp3) is 0.0833. The maximum absolute atomic E-state index is 11.8. The van der Waals surface area contributed by atoms with Crippen molar-refractivity contribution in [2.24, 2.45) is 0 Å². The Labute approximate surface area is 98.2 Å². The minimum Gasteiger partial charge on any atom is -0.505 e. The lowest BCUT2D eigenvalue weighted by Crippen LogP contribution is -2.13. The molecule has 2 heterocycles. The molecule has 2 rings (SSSR count). The number of anilines is 1. The number of aromatic nitrogens is 2. The van der Waals surface area contributed by atoms with Crippen molar-refractivity contribution in [1.29, 1.82) is 0 Å². The van der Waals surface area contributed by atoms with Gasteiger partial charge in [-0.05, 0) is 30.7 Å². The van der Waals surface area contributed by atoms with Crippen molar-refractivity contribution in [3.63, 3.8) is 0 Å². The number of rotatable bonds is 2. The Balaban J connectivity index is 2.20. The molecule has 86 valence electrons. The molecule has 1 amide bonds. The number of nitrogens with zero attached hydrogens (tertiary/aromatic N) is 2. The second kappa shape index (κ2) is 4.61. The number of pyridine rings is 2. The Morgan fingerprint density at radius 1 is 1.41 bits per heavy atom. The highest BCUT2D eigenvalue weighted by atomic mass is 16.3. The molecule has 2 aromatic rings. The van der Waals surface area contributed by atoms with Crippen molar-refractivity contribution in [1.82, 2.24) is 9.97 Å². The van der Waals surface area contributed by atoms with Gasteiger partial charge in [-0.1, -0.05) is 0 Å². The quantitative estimate of drug-likeness (QED) is 0.822. The standard InChI is InChI=1S/C12H11N3O2/c1-8-5-9(7-13-6-8)15-12(17)11-10(16)3-2-4-14-11/h2-7,16H,1H3,(H,15,17). The number of nitrogens with one attached hydrogen (secondary N) is 1. The molecule has 0 aliphatic carbocycles. The van der Waals surface area contributed by atoms with Gasteiger partial charge in [-0.15, -0.1) is 0 Å². The van der Waals surface area contributed by atoms with E-state index in [2.05, 4.69) is 15.3 Å². The first-order valence-electron chi connectivity index (χ1n) is 5.04. The van der Waals surface area contributed by atoms with Crippen LogP contribution in [-0.2, 0) is 0 Å². The van der Waals surface area contributed by atoms with Crippen molar-refractivity contribution in [3.8, 4) is 5.75 Å². The van der Waals surface area contributed by atoms with Gasteiger partial charge < -0.3 is 10.4 Å². The van der Waals surface area contributed by atoms with E-state index in [0.29, 0.717) is 5.69 Å². The third-order valence-electron chi connectivity index (χ3n) is 2.13. The average Bonchev–Trinajstić information content (AvgIpc) is 2.29. The van der Waals surface area contributed by atoms with Crippen molar-refractivity contribution in [2.45, 2.75) is 6.92 Å². The van der Waals surface area contributed by atoms with Gasteiger partial charge in [0, 0.05) is 12.4 Å². The topological polar surface area (TPSA) is 75.1 Å². The third-order valence-corrected chi connectivity index (χ3v) is 2.13. The van der Waals surface area contributed by atoms with Crippen LogP contribution in [0.4, 0.5) is 5.69 Å². The first-order chi connectivity index (χ1) is 8.16. The van der Waals surface area contributed by atoms with Gasteiger partial charge in [0.1, 0.15) is 5.75 Å². The molecule has 17 heavy (non-hydrogen) atoms. The minimum absolute atomic E-state index is 0.00555. The fourth-order valence-electron chi connectivity index (χ4n) is 1.39. The van der Waals surface area contributed by atoms with Crippen LogP contribution in [0.25, 0.3) is 0 Å². The van der Waals surface area contributed by atoms with Crippen molar-refractivity contribution in [3.05, 3.63) is 48.0 Å². The highest BCUT2D eigenvalue weighted by Gasteiger charge is 2.12. The summed E-state index contributed by atoms with van der Waals surface area (Å²) in [7, 11) is 0. The number of carbonyl (C=O) groups excluding carboxylic acids is 1. The summed E-state index contributed by atoms with van der Waals surface area (Å²) in [6.07, 6.45) is 4.67. The van der Waals surface area contributed by atoms with Crippen LogP contribution in [-0.4, -0.2) is 21.0 Å². The molecule has 0 atom stereocenters. The van der Waals surface area contributed by atoms with E-state index >= 15 is 0 Å². The molecular weight excluding hydrogens is 218 g/mol. The van der Waals surface area contributed by atoms with Crippen LogP contribution < -0.4 is 5.32 Å². The predicted octanol–water partition coefficient (Wildman–Crippen LogP) is 1.74. The second-order valence-electron chi connectivity index (χ2n) is 3.58. The predicted molar refractivity (Wildman–Crippen MR) is 62.8 cm³/mol. The van der Waals surface area contributed by atoms with Gasteiger partial charge in [-0.25, -0.2) is 4.98 Å². The molecule has 2 aromatic heterocycles. The Morgan fingerprint density at radius 2 is 2.24 bits per heavy atom. The highest BCUT2D eigenvalue weighted by Crippen LogP contribution is 2.15. The van der Waals surface area contributed by atoms with Crippen LogP contribution in [0.2, 0.25) is 0 Å².